The Kier molecular flexibility index (Phi) is 2.69. The monoisotopic (exact) mass is 153 g/mol. The van der Waals surface area contributed by atoms with Crippen molar-refractivity contribution < 1.29 is 4.57 Å². The van der Waals surface area contributed by atoms with Gasteiger partial charge in [0.2, 0.25) is 0 Å². The third-order valence-electron chi connectivity index (χ3n) is 2.01. The van der Waals surface area contributed by atoms with Crippen molar-refractivity contribution in [3.63, 3.8) is 0 Å². The van der Waals surface area contributed by atoms with Crippen LogP contribution in [0.2, 0.25) is 0 Å². The average molecular weight is 153 g/mol. The van der Waals surface area contributed by atoms with Crippen molar-refractivity contribution in [1.29, 1.82) is 0 Å². The fourth-order valence-electron chi connectivity index (χ4n) is 1.39. The van der Waals surface area contributed by atoms with Gasteiger partial charge in [0, 0.05) is 13.3 Å². The van der Waals surface area contributed by atoms with Crippen LogP contribution in [0, 0.1) is 6.92 Å². The third kappa shape index (κ3) is 1.62. The predicted molar refractivity (Wildman–Crippen MR) is 45.4 cm³/mol. The maximum atomic E-state index is 3.24. The Morgan fingerprint density at radius 2 is 2.18 bits per heavy atom. The van der Waals surface area contributed by atoms with Crippen molar-refractivity contribution in [3.8, 4) is 0 Å². The lowest BCUT2D eigenvalue weighted by molar-refractivity contribution is -0.708. The summed E-state index contributed by atoms with van der Waals surface area (Å²) in [6.07, 6.45) is 4.42. The van der Waals surface area contributed by atoms with E-state index in [0.29, 0.717) is 0 Å². The van der Waals surface area contributed by atoms with Crippen LogP contribution in [-0.4, -0.2) is 4.98 Å². The molecule has 1 N–H and O–H groups in total. The molecule has 1 heterocycles. The van der Waals surface area contributed by atoms with Crippen LogP contribution in [-0.2, 0) is 13.0 Å². The molecule has 0 unspecified atom stereocenters. The number of aromatic nitrogens is 2. The first kappa shape index (κ1) is 8.31. The van der Waals surface area contributed by atoms with Gasteiger partial charge in [-0.15, -0.1) is 0 Å². The van der Waals surface area contributed by atoms with Gasteiger partial charge in [-0.3, -0.25) is 0 Å². The summed E-state index contributed by atoms with van der Waals surface area (Å²) in [6, 6.07) is 0. The number of nitrogens with zero attached hydrogens (tertiary/aromatic N) is 1. The topological polar surface area (TPSA) is 19.7 Å². The van der Waals surface area contributed by atoms with E-state index in [0.717, 1.165) is 13.0 Å². The van der Waals surface area contributed by atoms with E-state index in [1.54, 1.807) is 0 Å². The second-order valence-corrected chi connectivity index (χ2v) is 2.87. The van der Waals surface area contributed by atoms with E-state index in [2.05, 4.69) is 36.5 Å². The summed E-state index contributed by atoms with van der Waals surface area (Å²) >= 11 is 0. The molecule has 1 aromatic rings. The summed E-state index contributed by atoms with van der Waals surface area (Å²) in [5.74, 6) is 1.27. The molecule has 1 aromatic heterocycles. The minimum Gasteiger partial charge on any atom is -0.248 e. The Bertz CT molecular complexity index is 225. The number of aromatic amines is 1. The van der Waals surface area contributed by atoms with Crippen molar-refractivity contribution in [3.05, 3.63) is 17.7 Å². The summed E-state index contributed by atoms with van der Waals surface area (Å²) < 4.78 is 2.35. The van der Waals surface area contributed by atoms with Crippen molar-refractivity contribution in [1.82, 2.24) is 4.98 Å². The summed E-state index contributed by atoms with van der Waals surface area (Å²) in [5.41, 5.74) is 1.41. The molecule has 0 bridgehead atoms. The van der Waals surface area contributed by atoms with Crippen LogP contribution in [0.5, 0.6) is 0 Å². The maximum absolute atomic E-state index is 3.24. The molecule has 0 aliphatic carbocycles. The molecule has 0 saturated heterocycles. The molecule has 0 saturated carbocycles. The van der Waals surface area contributed by atoms with Gasteiger partial charge < -0.3 is 0 Å². The van der Waals surface area contributed by atoms with Crippen LogP contribution in [0.4, 0.5) is 0 Å². The molecule has 11 heavy (non-hydrogen) atoms. The molecular weight excluding hydrogens is 136 g/mol. The number of hydrogen-bond donors (Lipinski definition) is 1. The molecule has 0 aliphatic rings. The molecule has 0 radical (unpaired) electrons. The van der Waals surface area contributed by atoms with Crippen molar-refractivity contribution >= 4 is 0 Å². The molecule has 0 spiro atoms. The molecule has 2 nitrogen and oxygen atoms in total. The fourth-order valence-corrected chi connectivity index (χ4v) is 1.39. The van der Waals surface area contributed by atoms with Gasteiger partial charge in [-0.25, -0.2) is 9.55 Å². The largest absolute Gasteiger partial charge is 0.251 e. The highest BCUT2D eigenvalue weighted by atomic mass is 15.1. The fraction of sp³-hybridized carbons (Fsp3) is 0.667. The van der Waals surface area contributed by atoms with E-state index in [9.17, 15) is 0 Å². The standard InChI is InChI=1S/C9H16N2/c1-4-6-11-8(3)10-7-9(11)5-2/h7H,4-6H2,1-3H3/p+1. The van der Waals surface area contributed by atoms with Crippen molar-refractivity contribution in [2.45, 2.75) is 40.2 Å². The van der Waals surface area contributed by atoms with Gasteiger partial charge in [0.15, 0.2) is 0 Å². The van der Waals surface area contributed by atoms with Crippen molar-refractivity contribution in [2.75, 3.05) is 0 Å². The second-order valence-electron chi connectivity index (χ2n) is 2.87. The van der Waals surface area contributed by atoms with Crippen LogP contribution in [0.3, 0.4) is 0 Å². The van der Waals surface area contributed by atoms with Crippen LogP contribution in [0.25, 0.3) is 0 Å². The highest BCUT2D eigenvalue weighted by Gasteiger charge is 2.10. The second kappa shape index (κ2) is 3.56. The highest BCUT2D eigenvalue weighted by Crippen LogP contribution is 1.94. The number of hydrogen-bond acceptors (Lipinski definition) is 0. The predicted octanol–water partition coefficient (Wildman–Crippen LogP) is 1.58. The third-order valence-corrected chi connectivity index (χ3v) is 2.01. The maximum Gasteiger partial charge on any atom is 0.251 e. The zero-order valence-electron chi connectivity index (χ0n) is 7.65. The summed E-state index contributed by atoms with van der Waals surface area (Å²) in [5, 5.41) is 0. The van der Waals surface area contributed by atoms with E-state index in [1.807, 2.05) is 0 Å². The zero-order valence-corrected chi connectivity index (χ0v) is 7.65. The number of imidazole rings is 1. The summed E-state index contributed by atoms with van der Waals surface area (Å²) in [6.45, 7) is 7.65. The van der Waals surface area contributed by atoms with Crippen LogP contribution in [0.15, 0.2) is 6.20 Å². The summed E-state index contributed by atoms with van der Waals surface area (Å²) in [4.78, 5) is 3.24. The highest BCUT2D eigenvalue weighted by molar-refractivity contribution is 4.89. The van der Waals surface area contributed by atoms with Gasteiger partial charge in [-0.2, -0.15) is 0 Å². The normalized spacial score (nSPS) is 10.5. The Morgan fingerprint density at radius 3 is 2.73 bits per heavy atom. The zero-order chi connectivity index (χ0) is 8.27. The Morgan fingerprint density at radius 1 is 1.45 bits per heavy atom. The first-order valence-electron chi connectivity index (χ1n) is 4.36. The van der Waals surface area contributed by atoms with E-state index in [-0.39, 0.29) is 0 Å². The van der Waals surface area contributed by atoms with Gasteiger partial charge in [-0.1, -0.05) is 13.8 Å². The molecule has 0 fully saturated rings. The van der Waals surface area contributed by atoms with Gasteiger partial charge in [0.05, 0.1) is 6.54 Å². The van der Waals surface area contributed by atoms with Gasteiger partial charge in [0.1, 0.15) is 11.9 Å². The first-order valence-corrected chi connectivity index (χ1v) is 4.36. The Hall–Kier alpha value is -0.790. The smallest absolute Gasteiger partial charge is 0.248 e. The van der Waals surface area contributed by atoms with Crippen LogP contribution >= 0.6 is 0 Å². The van der Waals surface area contributed by atoms with Gasteiger partial charge in [-0.05, 0) is 6.42 Å². The van der Waals surface area contributed by atoms with Crippen LogP contribution < -0.4 is 4.57 Å². The van der Waals surface area contributed by atoms with E-state index in [4.69, 9.17) is 0 Å². The number of aryl methyl sites for hydroxylation is 2. The van der Waals surface area contributed by atoms with Crippen molar-refractivity contribution in [2.24, 2.45) is 0 Å². The molecule has 2 heteroatoms. The molecule has 1 rings (SSSR count). The van der Waals surface area contributed by atoms with E-state index < -0.39 is 0 Å². The minimum absolute atomic E-state index is 1.12. The quantitative estimate of drug-likeness (QED) is 0.636. The van der Waals surface area contributed by atoms with Crippen LogP contribution in [0.1, 0.15) is 31.8 Å². The van der Waals surface area contributed by atoms with Gasteiger partial charge in [0.25, 0.3) is 5.82 Å². The number of H-pyrrole nitrogens is 1. The molecular formula is C9H17N2+. The lowest BCUT2D eigenvalue weighted by Gasteiger charge is -1.97. The Labute approximate surface area is 68.3 Å². The molecule has 0 amide bonds. The molecule has 62 valence electrons. The summed E-state index contributed by atoms with van der Waals surface area (Å²) in [7, 11) is 0. The number of rotatable bonds is 3. The van der Waals surface area contributed by atoms with E-state index >= 15 is 0 Å². The van der Waals surface area contributed by atoms with Gasteiger partial charge >= 0.3 is 0 Å². The lowest BCUT2D eigenvalue weighted by Crippen LogP contribution is -2.38. The number of nitrogens with one attached hydrogen (secondary N) is 1. The first-order chi connectivity index (χ1) is 5.29. The Balaban J connectivity index is 2.88. The minimum atomic E-state index is 1.12. The lowest BCUT2D eigenvalue weighted by atomic mass is 10.3. The average Bonchev–Trinajstić information content (AvgIpc) is 2.34. The van der Waals surface area contributed by atoms with E-state index in [1.165, 1.54) is 17.9 Å². The molecule has 0 atom stereocenters. The molecule has 0 aliphatic heterocycles. The SMILES string of the molecule is CCC[n+]1c(CC)c[nH]c1C. The molecule has 0 aromatic carbocycles.